The first-order valence-corrected chi connectivity index (χ1v) is 11.5. The molecular formula is C23H23BrN2O5S. The molecule has 0 N–H and O–H groups in total. The number of carbonyl (C=O) groups is 2. The molecule has 0 spiro atoms. The van der Waals surface area contributed by atoms with Crippen LogP contribution in [-0.2, 0) is 19.1 Å². The van der Waals surface area contributed by atoms with E-state index in [-0.39, 0.29) is 12.5 Å². The molecule has 0 atom stereocenters. The van der Waals surface area contributed by atoms with Gasteiger partial charge >= 0.3 is 5.97 Å². The maximum Gasteiger partial charge on any atom is 0.343 e. The Hall–Kier alpha value is -2.62. The molecule has 32 heavy (non-hydrogen) atoms. The summed E-state index contributed by atoms with van der Waals surface area (Å²) < 4.78 is 16.2. The third-order valence-corrected chi connectivity index (χ3v) is 5.93. The number of thioether (sulfide) groups is 1. The molecule has 1 aliphatic heterocycles. The van der Waals surface area contributed by atoms with Crippen molar-refractivity contribution in [3.63, 3.8) is 0 Å². The zero-order chi connectivity index (χ0) is 22.9. The Kier molecular flexibility index (Phi) is 8.90. The van der Waals surface area contributed by atoms with Crippen molar-refractivity contribution in [3.8, 4) is 5.75 Å². The first-order chi connectivity index (χ1) is 15.5. The van der Waals surface area contributed by atoms with Crippen molar-refractivity contribution >= 4 is 56.5 Å². The average molecular weight is 519 g/mol. The third-order valence-electron chi connectivity index (χ3n) is 4.43. The summed E-state index contributed by atoms with van der Waals surface area (Å²) in [6.07, 6.45) is 2.44. The zero-order valence-corrected chi connectivity index (χ0v) is 20.1. The van der Waals surface area contributed by atoms with Crippen LogP contribution in [-0.4, -0.2) is 55.9 Å². The molecule has 2 aromatic carbocycles. The van der Waals surface area contributed by atoms with Crippen LogP contribution in [0.4, 0.5) is 5.69 Å². The zero-order valence-electron chi connectivity index (χ0n) is 17.7. The minimum absolute atomic E-state index is 0.139. The summed E-state index contributed by atoms with van der Waals surface area (Å²) in [6.45, 7) is 0.815. The van der Waals surface area contributed by atoms with E-state index in [1.165, 1.54) is 18.9 Å². The van der Waals surface area contributed by atoms with Gasteiger partial charge in [0.15, 0.2) is 11.8 Å². The predicted octanol–water partition coefficient (Wildman–Crippen LogP) is 4.64. The van der Waals surface area contributed by atoms with Crippen LogP contribution < -0.4 is 4.74 Å². The number of halogens is 1. The highest BCUT2D eigenvalue weighted by Gasteiger charge is 2.33. The van der Waals surface area contributed by atoms with E-state index in [0.29, 0.717) is 41.0 Å². The fourth-order valence-electron chi connectivity index (χ4n) is 2.87. The molecule has 0 unspecified atom stereocenters. The van der Waals surface area contributed by atoms with E-state index in [0.717, 1.165) is 10.2 Å². The van der Waals surface area contributed by atoms with E-state index < -0.39 is 5.97 Å². The summed E-state index contributed by atoms with van der Waals surface area (Å²) in [5.41, 5.74) is 1.43. The number of hydrogen-bond donors (Lipinski definition) is 0. The van der Waals surface area contributed by atoms with E-state index in [1.807, 2.05) is 36.4 Å². The topological polar surface area (TPSA) is 77.4 Å². The number of hydrogen-bond acceptors (Lipinski definition) is 7. The molecule has 7 nitrogen and oxygen atoms in total. The highest BCUT2D eigenvalue weighted by atomic mass is 79.9. The summed E-state index contributed by atoms with van der Waals surface area (Å²) in [5.74, 6) is -0.155. The predicted molar refractivity (Wildman–Crippen MR) is 129 cm³/mol. The molecule has 9 heteroatoms. The van der Waals surface area contributed by atoms with Crippen molar-refractivity contribution in [2.45, 2.75) is 6.42 Å². The van der Waals surface area contributed by atoms with Crippen LogP contribution in [0, 0.1) is 0 Å². The second-order valence-corrected chi connectivity index (χ2v) is 8.62. The summed E-state index contributed by atoms with van der Waals surface area (Å²) in [5, 5.41) is 0.607. The Morgan fingerprint density at radius 2 is 1.97 bits per heavy atom. The molecule has 0 bridgehead atoms. The molecule has 1 amide bonds. The number of amidine groups is 1. The number of nitrogens with zero attached hydrogens (tertiary/aromatic N) is 2. The van der Waals surface area contributed by atoms with Gasteiger partial charge in [0.1, 0.15) is 5.75 Å². The summed E-state index contributed by atoms with van der Waals surface area (Å²) in [7, 11) is 2.93. The van der Waals surface area contributed by atoms with Crippen molar-refractivity contribution in [1.82, 2.24) is 4.90 Å². The summed E-state index contributed by atoms with van der Waals surface area (Å²) >= 11 is 4.75. The van der Waals surface area contributed by atoms with E-state index in [2.05, 4.69) is 25.7 Å². The largest absolute Gasteiger partial charge is 0.481 e. The highest BCUT2D eigenvalue weighted by Crippen LogP contribution is 2.36. The summed E-state index contributed by atoms with van der Waals surface area (Å²) in [6, 6.07) is 14.9. The Bertz CT molecular complexity index is 1030. The maximum absolute atomic E-state index is 13.2. The smallest absolute Gasteiger partial charge is 0.343 e. The number of methoxy groups -OCH3 is 2. The fourth-order valence-corrected chi connectivity index (χ4v) is 4.26. The minimum Gasteiger partial charge on any atom is -0.481 e. The van der Waals surface area contributed by atoms with Crippen molar-refractivity contribution in [1.29, 1.82) is 0 Å². The van der Waals surface area contributed by atoms with Gasteiger partial charge in [-0.3, -0.25) is 9.69 Å². The minimum atomic E-state index is -0.487. The van der Waals surface area contributed by atoms with Gasteiger partial charge in [-0.2, -0.15) is 0 Å². The lowest BCUT2D eigenvalue weighted by molar-refractivity contribution is -0.142. The second-order valence-electron chi connectivity index (χ2n) is 6.69. The SMILES string of the molecule is COCCCN1C(=O)/C(=C\c2cc(Br)ccc2OCC(=O)OC)SC1=Nc1ccccc1. The second kappa shape index (κ2) is 11.8. The van der Waals surface area contributed by atoms with Crippen LogP contribution >= 0.6 is 27.7 Å². The first-order valence-electron chi connectivity index (χ1n) is 9.85. The quantitative estimate of drug-likeness (QED) is 0.273. The number of rotatable bonds is 9. The van der Waals surface area contributed by atoms with Crippen LogP contribution in [0.3, 0.4) is 0 Å². The molecule has 1 saturated heterocycles. The Morgan fingerprint density at radius 1 is 1.19 bits per heavy atom. The molecular weight excluding hydrogens is 496 g/mol. The Balaban J connectivity index is 1.92. The summed E-state index contributed by atoms with van der Waals surface area (Å²) in [4.78, 5) is 31.5. The first kappa shape index (κ1) is 24.0. The van der Waals surface area contributed by atoms with Crippen molar-refractivity contribution in [2.24, 2.45) is 4.99 Å². The van der Waals surface area contributed by atoms with Crippen LogP contribution in [0.5, 0.6) is 5.75 Å². The third kappa shape index (κ3) is 6.44. The number of esters is 1. The van der Waals surface area contributed by atoms with E-state index >= 15 is 0 Å². The lowest BCUT2D eigenvalue weighted by Gasteiger charge is -2.15. The molecule has 3 rings (SSSR count). The van der Waals surface area contributed by atoms with E-state index in [1.54, 1.807) is 30.2 Å². The number of aliphatic imine (C=N–C) groups is 1. The number of ether oxygens (including phenoxy) is 3. The van der Waals surface area contributed by atoms with Gasteiger partial charge in [-0.15, -0.1) is 0 Å². The molecule has 0 aliphatic carbocycles. The lowest BCUT2D eigenvalue weighted by Crippen LogP contribution is -2.30. The van der Waals surface area contributed by atoms with Gasteiger partial charge in [-0.25, -0.2) is 9.79 Å². The molecule has 0 saturated carbocycles. The highest BCUT2D eigenvalue weighted by molar-refractivity contribution is 9.10. The average Bonchev–Trinajstić information content (AvgIpc) is 3.08. The van der Waals surface area contributed by atoms with Gasteiger partial charge < -0.3 is 14.2 Å². The standard InChI is InChI=1S/C23H23BrN2O5S/c1-29-12-6-11-26-22(28)20(32-23(26)25-18-7-4-3-5-8-18)14-16-13-17(24)9-10-19(16)31-15-21(27)30-2/h3-5,7-10,13-14H,6,11-12,15H2,1-2H3/b20-14+,25-23?. The molecule has 0 radical (unpaired) electrons. The van der Waals surface area contributed by atoms with Crippen LogP contribution in [0.1, 0.15) is 12.0 Å². The molecule has 1 aliphatic rings. The lowest BCUT2D eigenvalue weighted by atomic mass is 10.2. The molecule has 1 fully saturated rings. The van der Waals surface area contributed by atoms with Crippen LogP contribution in [0.2, 0.25) is 0 Å². The molecule has 1 heterocycles. The van der Waals surface area contributed by atoms with Crippen molar-refractivity contribution in [2.75, 3.05) is 34.0 Å². The fraction of sp³-hybridized carbons (Fsp3) is 0.261. The normalized spacial score (nSPS) is 16.1. The monoisotopic (exact) mass is 518 g/mol. The Labute approximate surface area is 199 Å². The van der Waals surface area contributed by atoms with Gasteiger partial charge in [0.05, 0.1) is 17.7 Å². The maximum atomic E-state index is 13.2. The Morgan fingerprint density at radius 3 is 2.69 bits per heavy atom. The van der Waals surface area contributed by atoms with Crippen LogP contribution in [0.25, 0.3) is 6.08 Å². The van der Waals surface area contributed by atoms with Crippen molar-refractivity contribution in [3.05, 3.63) is 63.5 Å². The van der Waals surface area contributed by atoms with Crippen molar-refractivity contribution < 1.29 is 23.8 Å². The molecule has 2 aromatic rings. The van der Waals surface area contributed by atoms with Gasteiger partial charge in [-0.1, -0.05) is 34.1 Å². The van der Waals surface area contributed by atoms with Gasteiger partial charge in [0.25, 0.3) is 5.91 Å². The molecule has 0 aromatic heterocycles. The number of benzene rings is 2. The number of amides is 1. The van der Waals surface area contributed by atoms with Gasteiger partial charge in [-0.05, 0) is 54.6 Å². The van der Waals surface area contributed by atoms with Gasteiger partial charge in [0.2, 0.25) is 0 Å². The molecule has 168 valence electrons. The van der Waals surface area contributed by atoms with E-state index in [4.69, 9.17) is 9.47 Å². The van der Waals surface area contributed by atoms with Crippen LogP contribution in [0.15, 0.2) is 62.9 Å². The van der Waals surface area contributed by atoms with Gasteiger partial charge in [0, 0.05) is 30.3 Å². The van der Waals surface area contributed by atoms with E-state index in [9.17, 15) is 9.59 Å². The number of carbonyl (C=O) groups excluding carboxylic acids is 2. The number of para-hydroxylation sites is 1.